The van der Waals surface area contributed by atoms with E-state index in [4.69, 9.17) is 5.11 Å². The number of nitrogens with zero attached hydrogens (tertiary/aromatic N) is 2. The van der Waals surface area contributed by atoms with Gasteiger partial charge in [0.25, 0.3) is 0 Å². The first kappa shape index (κ1) is 15.4. The second kappa shape index (κ2) is 6.21. The Morgan fingerprint density at radius 3 is 2.19 bits per heavy atom. The molecule has 96 valence electrons. The molecule has 0 amide bonds. The van der Waals surface area contributed by atoms with Crippen molar-refractivity contribution < 1.29 is 9.90 Å². The number of hydrogen-bond acceptors (Lipinski definition) is 3. The number of carbonyl (C=O) groups is 1. The summed E-state index contributed by atoms with van der Waals surface area (Å²) in [5.41, 5.74) is -0.684. The fourth-order valence-corrected chi connectivity index (χ4v) is 1.80. The van der Waals surface area contributed by atoms with Gasteiger partial charge in [0.15, 0.2) is 0 Å². The summed E-state index contributed by atoms with van der Waals surface area (Å²) < 4.78 is 0. The van der Waals surface area contributed by atoms with Crippen molar-refractivity contribution in [1.82, 2.24) is 9.80 Å². The average Bonchev–Trinajstić information content (AvgIpc) is 2.12. The molecule has 16 heavy (non-hydrogen) atoms. The summed E-state index contributed by atoms with van der Waals surface area (Å²) in [4.78, 5) is 15.4. The summed E-state index contributed by atoms with van der Waals surface area (Å²) in [5.74, 6) is -0.733. The van der Waals surface area contributed by atoms with Gasteiger partial charge in [0.05, 0.1) is 5.41 Å². The van der Waals surface area contributed by atoms with Crippen molar-refractivity contribution in [3.05, 3.63) is 0 Å². The molecule has 0 spiro atoms. The monoisotopic (exact) mass is 230 g/mol. The normalized spacial score (nSPS) is 14.5. The third kappa shape index (κ3) is 4.94. The lowest BCUT2D eigenvalue weighted by molar-refractivity contribution is -0.148. The third-order valence-electron chi connectivity index (χ3n) is 2.84. The van der Waals surface area contributed by atoms with Gasteiger partial charge < -0.3 is 10.0 Å². The lowest BCUT2D eigenvalue weighted by atomic mass is 9.92. The Morgan fingerprint density at radius 2 is 1.88 bits per heavy atom. The maximum Gasteiger partial charge on any atom is 0.310 e. The van der Waals surface area contributed by atoms with Gasteiger partial charge in [-0.15, -0.1) is 0 Å². The first-order chi connectivity index (χ1) is 7.20. The number of hydrogen-bond donors (Lipinski definition) is 1. The van der Waals surface area contributed by atoms with E-state index < -0.39 is 11.4 Å². The highest BCUT2D eigenvalue weighted by molar-refractivity contribution is 5.73. The Hall–Kier alpha value is -0.610. The lowest BCUT2D eigenvalue weighted by Gasteiger charge is -2.34. The summed E-state index contributed by atoms with van der Waals surface area (Å²) in [5, 5.41) is 9.11. The first-order valence-corrected chi connectivity index (χ1v) is 5.83. The Balaban J connectivity index is 4.45. The quantitative estimate of drug-likeness (QED) is 0.717. The number of aliphatic carboxylic acids is 1. The molecule has 1 unspecified atom stereocenters. The predicted molar refractivity (Wildman–Crippen MR) is 66.7 cm³/mol. The van der Waals surface area contributed by atoms with Crippen molar-refractivity contribution in [2.45, 2.75) is 33.7 Å². The molecular weight excluding hydrogens is 204 g/mol. The molecule has 1 atom stereocenters. The summed E-state index contributed by atoms with van der Waals surface area (Å²) in [7, 11) is 4.07. The third-order valence-corrected chi connectivity index (χ3v) is 2.84. The molecular formula is C12H26N2O2. The molecule has 0 aliphatic rings. The van der Waals surface area contributed by atoms with Crippen LogP contribution in [-0.2, 0) is 4.79 Å². The summed E-state index contributed by atoms with van der Waals surface area (Å²) in [6.07, 6.45) is 0. The smallest absolute Gasteiger partial charge is 0.310 e. The van der Waals surface area contributed by atoms with E-state index in [2.05, 4.69) is 23.6 Å². The highest BCUT2D eigenvalue weighted by atomic mass is 16.4. The van der Waals surface area contributed by atoms with Crippen LogP contribution in [0.5, 0.6) is 0 Å². The van der Waals surface area contributed by atoms with Crippen molar-refractivity contribution in [1.29, 1.82) is 0 Å². The molecule has 0 bridgehead atoms. The summed E-state index contributed by atoms with van der Waals surface area (Å²) >= 11 is 0. The van der Waals surface area contributed by atoms with Crippen LogP contribution < -0.4 is 0 Å². The molecule has 4 heteroatoms. The van der Waals surface area contributed by atoms with Gasteiger partial charge in [0.1, 0.15) is 0 Å². The van der Waals surface area contributed by atoms with Crippen LogP contribution in [0.4, 0.5) is 0 Å². The maximum atomic E-state index is 11.1. The molecule has 4 nitrogen and oxygen atoms in total. The molecule has 1 N–H and O–H groups in total. The summed E-state index contributed by atoms with van der Waals surface area (Å²) in [6, 6.07) is 0.374. The van der Waals surface area contributed by atoms with Crippen LogP contribution >= 0.6 is 0 Å². The molecule has 0 radical (unpaired) electrons. The average molecular weight is 230 g/mol. The van der Waals surface area contributed by atoms with Crippen LogP contribution in [0.3, 0.4) is 0 Å². The Labute approximate surface area is 99.2 Å². The number of likely N-dealkylation sites (N-methyl/N-ethyl adjacent to an activating group) is 2. The molecule has 0 fully saturated rings. The fraction of sp³-hybridized carbons (Fsp3) is 0.917. The van der Waals surface area contributed by atoms with Gasteiger partial charge in [0.2, 0.25) is 0 Å². The number of carboxylic acids is 1. The van der Waals surface area contributed by atoms with E-state index in [-0.39, 0.29) is 0 Å². The van der Waals surface area contributed by atoms with Gasteiger partial charge >= 0.3 is 5.97 Å². The van der Waals surface area contributed by atoms with Crippen molar-refractivity contribution in [3.63, 3.8) is 0 Å². The molecule has 0 aromatic carbocycles. The zero-order valence-electron chi connectivity index (χ0n) is 11.4. The minimum atomic E-state index is -0.733. The predicted octanol–water partition coefficient (Wildman–Crippen LogP) is 1.37. The van der Waals surface area contributed by atoms with Crippen molar-refractivity contribution in [3.8, 4) is 0 Å². The standard InChI is InChI=1S/C12H26N2O2/c1-7-14(10(2)8-13(5)6)9-12(3,4)11(15)16/h10H,7-9H2,1-6H3,(H,15,16). The van der Waals surface area contributed by atoms with Crippen LogP contribution in [0, 0.1) is 5.41 Å². The van der Waals surface area contributed by atoms with Crippen LogP contribution in [0.1, 0.15) is 27.7 Å². The second-order valence-electron chi connectivity index (χ2n) is 5.36. The first-order valence-electron chi connectivity index (χ1n) is 5.83. The zero-order valence-corrected chi connectivity index (χ0v) is 11.4. The molecule has 0 saturated heterocycles. The van der Waals surface area contributed by atoms with Crippen LogP contribution in [0.25, 0.3) is 0 Å². The van der Waals surface area contributed by atoms with E-state index in [1.54, 1.807) is 13.8 Å². The molecule has 0 aliphatic heterocycles. The van der Waals surface area contributed by atoms with Crippen LogP contribution in [0.2, 0.25) is 0 Å². The zero-order chi connectivity index (χ0) is 12.9. The van der Waals surface area contributed by atoms with Crippen LogP contribution in [-0.4, -0.2) is 60.6 Å². The largest absolute Gasteiger partial charge is 0.481 e. The Kier molecular flexibility index (Phi) is 5.97. The Bertz CT molecular complexity index is 227. The van der Waals surface area contributed by atoms with Gasteiger partial charge in [-0.3, -0.25) is 9.69 Å². The van der Waals surface area contributed by atoms with Gasteiger partial charge in [0, 0.05) is 19.1 Å². The number of carboxylic acid groups (broad SMARTS) is 1. The fourth-order valence-electron chi connectivity index (χ4n) is 1.80. The van der Waals surface area contributed by atoms with E-state index in [9.17, 15) is 4.79 Å². The summed E-state index contributed by atoms with van der Waals surface area (Å²) in [6.45, 7) is 10.2. The molecule has 0 aromatic rings. The minimum absolute atomic E-state index is 0.374. The van der Waals surface area contributed by atoms with E-state index in [1.165, 1.54) is 0 Å². The van der Waals surface area contributed by atoms with Crippen LogP contribution in [0.15, 0.2) is 0 Å². The van der Waals surface area contributed by atoms with Gasteiger partial charge in [-0.25, -0.2) is 0 Å². The maximum absolute atomic E-state index is 11.1. The SMILES string of the molecule is CCN(CC(C)(C)C(=O)O)C(C)CN(C)C. The highest BCUT2D eigenvalue weighted by Gasteiger charge is 2.30. The topological polar surface area (TPSA) is 43.8 Å². The number of rotatable bonds is 7. The van der Waals surface area contributed by atoms with Crippen molar-refractivity contribution in [2.75, 3.05) is 33.7 Å². The van der Waals surface area contributed by atoms with E-state index in [1.807, 2.05) is 14.1 Å². The molecule has 0 aliphatic carbocycles. The Morgan fingerprint density at radius 1 is 1.38 bits per heavy atom. The van der Waals surface area contributed by atoms with Gasteiger partial charge in [-0.2, -0.15) is 0 Å². The van der Waals surface area contributed by atoms with Crippen molar-refractivity contribution in [2.24, 2.45) is 5.41 Å². The molecule has 0 aromatic heterocycles. The van der Waals surface area contributed by atoms with Crippen molar-refractivity contribution >= 4 is 5.97 Å². The molecule has 0 rings (SSSR count). The van der Waals surface area contributed by atoms with Gasteiger partial charge in [-0.05, 0) is 41.4 Å². The van der Waals surface area contributed by atoms with E-state index in [0.717, 1.165) is 13.1 Å². The van der Waals surface area contributed by atoms with Gasteiger partial charge in [-0.1, -0.05) is 6.92 Å². The minimum Gasteiger partial charge on any atom is -0.481 e. The second-order valence-corrected chi connectivity index (χ2v) is 5.36. The highest BCUT2D eigenvalue weighted by Crippen LogP contribution is 2.18. The van der Waals surface area contributed by atoms with E-state index in [0.29, 0.717) is 12.6 Å². The molecule has 0 saturated carbocycles. The van der Waals surface area contributed by atoms with E-state index >= 15 is 0 Å². The molecule has 0 heterocycles. The lowest BCUT2D eigenvalue weighted by Crippen LogP contribution is -2.46.